The van der Waals surface area contributed by atoms with Crippen molar-refractivity contribution >= 4 is 10.0 Å². The van der Waals surface area contributed by atoms with Gasteiger partial charge in [-0.2, -0.15) is 4.31 Å². The first-order chi connectivity index (χ1) is 9.03. The molecule has 1 unspecified atom stereocenters. The number of nitrogens with two attached hydrogens (primary N) is 1. The molecule has 1 aliphatic heterocycles. The van der Waals surface area contributed by atoms with Gasteiger partial charge >= 0.3 is 0 Å². The topological polar surface area (TPSA) is 66.6 Å². The number of rotatable bonds is 4. The minimum Gasteiger partial charge on any atom is -0.329 e. The van der Waals surface area contributed by atoms with E-state index >= 15 is 0 Å². The van der Waals surface area contributed by atoms with Gasteiger partial charge in [0.05, 0.1) is 5.75 Å². The maximum Gasteiger partial charge on any atom is 0.218 e. The number of hydrogen-bond acceptors (Lipinski definition) is 4. The third-order valence-corrected chi connectivity index (χ3v) is 5.35. The van der Waals surface area contributed by atoms with Crippen LogP contribution in [0.4, 0.5) is 0 Å². The molecule has 0 spiro atoms. The van der Waals surface area contributed by atoms with Crippen LogP contribution in [0.5, 0.6) is 0 Å². The molecule has 1 heterocycles. The lowest BCUT2D eigenvalue weighted by Gasteiger charge is -2.38. The largest absolute Gasteiger partial charge is 0.329 e. The van der Waals surface area contributed by atoms with Gasteiger partial charge in [0, 0.05) is 32.2 Å². The molecular formula is C13H21N3O2S. The molecule has 1 fully saturated rings. The highest BCUT2D eigenvalue weighted by molar-refractivity contribution is 7.88. The van der Waals surface area contributed by atoms with Gasteiger partial charge < -0.3 is 10.6 Å². The second-order valence-corrected chi connectivity index (χ2v) is 6.93. The second-order valence-electron chi connectivity index (χ2n) is 5.00. The summed E-state index contributed by atoms with van der Waals surface area (Å²) >= 11 is 0. The molecule has 1 aromatic carbocycles. The molecule has 0 aromatic heterocycles. The van der Waals surface area contributed by atoms with E-state index in [9.17, 15) is 8.42 Å². The van der Waals surface area contributed by atoms with E-state index in [-0.39, 0.29) is 11.8 Å². The Kier molecular flexibility index (Phi) is 4.57. The number of piperazine rings is 1. The lowest BCUT2D eigenvalue weighted by Crippen LogP contribution is -2.56. The third kappa shape index (κ3) is 3.54. The summed E-state index contributed by atoms with van der Waals surface area (Å²) < 4.78 is 26.5. The Morgan fingerprint density at radius 3 is 2.58 bits per heavy atom. The second kappa shape index (κ2) is 6.00. The highest BCUT2D eigenvalue weighted by atomic mass is 32.2. The maximum atomic E-state index is 12.5. The van der Waals surface area contributed by atoms with Gasteiger partial charge in [-0.1, -0.05) is 30.3 Å². The van der Waals surface area contributed by atoms with E-state index < -0.39 is 10.0 Å². The minimum absolute atomic E-state index is 0.0497. The van der Waals surface area contributed by atoms with Crippen LogP contribution in [-0.4, -0.2) is 56.9 Å². The molecule has 0 amide bonds. The average Bonchev–Trinajstić information content (AvgIpc) is 2.38. The molecular weight excluding hydrogens is 262 g/mol. The molecule has 1 atom stereocenters. The zero-order chi connectivity index (χ0) is 13.9. The van der Waals surface area contributed by atoms with Gasteiger partial charge in [0.2, 0.25) is 10.0 Å². The van der Waals surface area contributed by atoms with Crippen LogP contribution >= 0.6 is 0 Å². The van der Waals surface area contributed by atoms with Crippen LogP contribution in [0.2, 0.25) is 0 Å². The summed E-state index contributed by atoms with van der Waals surface area (Å²) in [4.78, 5) is 2.12. The van der Waals surface area contributed by atoms with Crippen LogP contribution in [0.3, 0.4) is 0 Å². The normalized spacial score (nSPS) is 22.5. The first kappa shape index (κ1) is 14.5. The Morgan fingerprint density at radius 2 is 1.95 bits per heavy atom. The molecule has 2 rings (SSSR count). The molecule has 0 saturated carbocycles. The summed E-state index contributed by atoms with van der Waals surface area (Å²) in [6.45, 7) is 2.33. The fourth-order valence-corrected chi connectivity index (χ4v) is 4.17. The lowest BCUT2D eigenvalue weighted by atomic mass is 10.2. The molecule has 19 heavy (non-hydrogen) atoms. The minimum atomic E-state index is -3.29. The van der Waals surface area contributed by atoms with E-state index in [4.69, 9.17) is 5.73 Å². The maximum absolute atomic E-state index is 12.5. The number of likely N-dealkylation sites (N-methyl/N-ethyl adjacent to an activating group) is 1. The molecule has 0 radical (unpaired) electrons. The van der Waals surface area contributed by atoms with Gasteiger partial charge in [-0.05, 0) is 12.6 Å². The molecule has 5 nitrogen and oxygen atoms in total. The zero-order valence-electron chi connectivity index (χ0n) is 11.2. The predicted octanol–water partition coefficient (Wildman–Crippen LogP) is 0.0911. The van der Waals surface area contributed by atoms with Crippen LogP contribution in [0, 0.1) is 0 Å². The summed E-state index contributed by atoms with van der Waals surface area (Å²) in [7, 11) is -1.30. The molecule has 106 valence electrons. The van der Waals surface area contributed by atoms with Crippen molar-refractivity contribution in [1.82, 2.24) is 9.21 Å². The molecule has 6 heteroatoms. The van der Waals surface area contributed by atoms with Crippen molar-refractivity contribution < 1.29 is 8.42 Å². The molecule has 1 saturated heterocycles. The van der Waals surface area contributed by atoms with Gasteiger partial charge in [0.1, 0.15) is 0 Å². The van der Waals surface area contributed by atoms with Crippen LogP contribution < -0.4 is 5.73 Å². The van der Waals surface area contributed by atoms with Gasteiger partial charge in [-0.25, -0.2) is 8.42 Å². The summed E-state index contributed by atoms with van der Waals surface area (Å²) in [5, 5.41) is 0. The van der Waals surface area contributed by atoms with E-state index in [2.05, 4.69) is 4.90 Å². The van der Waals surface area contributed by atoms with Gasteiger partial charge in [0.25, 0.3) is 0 Å². The average molecular weight is 283 g/mol. The molecule has 1 aromatic rings. The lowest BCUT2D eigenvalue weighted by molar-refractivity contribution is 0.164. The monoisotopic (exact) mass is 283 g/mol. The van der Waals surface area contributed by atoms with Gasteiger partial charge in [0.15, 0.2) is 0 Å². The zero-order valence-corrected chi connectivity index (χ0v) is 12.0. The Bertz CT molecular complexity index is 504. The number of hydrogen-bond donors (Lipinski definition) is 1. The predicted molar refractivity (Wildman–Crippen MR) is 76.1 cm³/mol. The van der Waals surface area contributed by atoms with Gasteiger partial charge in [-0.15, -0.1) is 0 Å². The summed E-state index contributed by atoms with van der Waals surface area (Å²) in [6, 6.07) is 9.16. The van der Waals surface area contributed by atoms with Crippen molar-refractivity contribution in [3.05, 3.63) is 35.9 Å². The highest BCUT2D eigenvalue weighted by Crippen LogP contribution is 2.17. The SMILES string of the molecule is CN1CCN(S(=O)(=O)Cc2ccccc2)C(CN)C1. The van der Waals surface area contributed by atoms with Crippen LogP contribution in [-0.2, 0) is 15.8 Å². The van der Waals surface area contributed by atoms with Crippen molar-refractivity contribution in [1.29, 1.82) is 0 Å². The molecule has 1 aliphatic rings. The van der Waals surface area contributed by atoms with E-state index in [1.807, 2.05) is 37.4 Å². The third-order valence-electron chi connectivity index (χ3n) is 3.45. The summed E-state index contributed by atoms with van der Waals surface area (Å²) in [5.74, 6) is 0.0497. The molecule has 0 aliphatic carbocycles. The summed E-state index contributed by atoms with van der Waals surface area (Å²) in [6.07, 6.45) is 0. The van der Waals surface area contributed by atoms with E-state index in [0.717, 1.165) is 12.1 Å². The van der Waals surface area contributed by atoms with Crippen molar-refractivity contribution in [2.75, 3.05) is 33.2 Å². The van der Waals surface area contributed by atoms with E-state index in [0.29, 0.717) is 19.6 Å². The van der Waals surface area contributed by atoms with Crippen molar-refractivity contribution in [3.63, 3.8) is 0 Å². The number of sulfonamides is 1. The van der Waals surface area contributed by atoms with Crippen molar-refractivity contribution in [2.24, 2.45) is 5.73 Å². The molecule has 0 bridgehead atoms. The molecule has 2 N–H and O–H groups in total. The fraction of sp³-hybridized carbons (Fsp3) is 0.538. The van der Waals surface area contributed by atoms with Crippen molar-refractivity contribution in [3.8, 4) is 0 Å². The summed E-state index contributed by atoms with van der Waals surface area (Å²) in [5.41, 5.74) is 6.53. The van der Waals surface area contributed by atoms with Crippen LogP contribution in [0.25, 0.3) is 0 Å². The van der Waals surface area contributed by atoms with E-state index in [1.165, 1.54) is 0 Å². The van der Waals surface area contributed by atoms with Crippen molar-refractivity contribution in [2.45, 2.75) is 11.8 Å². The van der Waals surface area contributed by atoms with Gasteiger partial charge in [-0.3, -0.25) is 0 Å². The first-order valence-corrected chi connectivity index (χ1v) is 8.06. The standard InChI is InChI=1S/C13H21N3O2S/c1-15-7-8-16(13(9-14)10-15)19(17,18)11-12-5-3-2-4-6-12/h2-6,13H,7-11,14H2,1H3. The number of nitrogens with zero attached hydrogens (tertiary/aromatic N) is 2. The number of benzene rings is 1. The first-order valence-electron chi connectivity index (χ1n) is 6.45. The smallest absolute Gasteiger partial charge is 0.218 e. The van der Waals surface area contributed by atoms with Crippen LogP contribution in [0.1, 0.15) is 5.56 Å². The Labute approximate surface area is 115 Å². The Hall–Kier alpha value is -0.950. The highest BCUT2D eigenvalue weighted by Gasteiger charge is 2.33. The quantitative estimate of drug-likeness (QED) is 0.850. The fourth-order valence-electron chi connectivity index (χ4n) is 2.42. The Morgan fingerprint density at radius 1 is 1.26 bits per heavy atom. The van der Waals surface area contributed by atoms with E-state index in [1.54, 1.807) is 4.31 Å². The van der Waals surface area contributed by atoms with Crippen LogP contribution in [0.15, 0.2) is 30.3 Å². The Balaban J connectivity index is 2.14.